The quantitative estimate of drug-likeness (QED) is 0.817. The normalized spacial score (nSPS) is 17.9. The largest absolute Gasteiger partial charge is 0.399 e. The molecular formula is C15H24N2O. The molecule has 0 spiro atoms. The molecule has 2 N–H and O–H groups in total. The van der Waals surface area contributed by atoms with Crippen LogP contribution in [0.1, 0.15) is 31.9 Å². The molecule has 1 heterocycles. The summed E-state index contributed by atoms with van der Waals surface area (Å²) in [7, 11) is 0. The minimum atomic E-state index is 0.148. The molecule has 1 aliphatic rings. The van der Waals surface area contributed by atoms with Gasteiger partial charge in [0, 0.05) is 25.3 Å². The lowest BCUT2D eigenvalue weighted by atomic mass is 9.86. The molecule has 0 aromatic heterocycles. The van der Waals surface area contributed by atoms with E-state index in [1.807, 2.05) is 0 Å². The van der Waals surface area contributed by atoms with Gasteiger partial charge < -0.3 is 10.5 Å². The molecule has 1 fully saturated rings. The summed E-state index contributed by atoms with van der Waals surface area (Å²) in [6.45, 7) is 11.3. The van der Waals surface area contributed by atoms with Gasteiger partial charge in [-0.15, -0.1) is 0 Å². The van der Waals surface area contributed by atoms with Crippen LogP contribution >= 0.6 is 0 Å². The first-order valence-corrected chi connectivity index (χ1v) is 6.65. The van der Waals surface area contributed by atoms with Crippen molar-refractivity contribution in [2.75, 3.05) is 32.0 Å². The van der Waals surface area contributed by atoms with Gasteiger partial charge in [0.15, 0.2) is 0 Å². The molecule has 100 valence electrons. The van der Waals surface area contributed by atoms with Crippen molar-refractivity contribution in [3.63, 3.8) is 0 Å². The van der Waals surface area contributed by atoms with E-state index < -0.39 is 0 Å². The molecule has 3 nitrogen and oxygen atoms in total. The third-order valence-corrected chi connectivity index (χ3v) is 3.39. The van der Waals surface area contributed by atoms with E-state index in [0.29, 0.717) is 0 Å². The number of anilines is 1. The van der Waals surface area contributed by atoms with E-state index in [9.17, 15) is 0 Å². The number of nitrogens with zero attached hydrogens (tertiary/aromatic N) is 1. The van der Waals surface area contributed by atoms with Crippen molar-refractivity contribution in [3.05, 3.63) is 29.3 Å². The Hall–Kier alpha value is -1.06. The number of ether oxygens (including phenoxy) is 1. The molecule has 0 atom stereocenters. The van der Waals surface area contributed by atoms with Crippen LogP contribution in [0.25, 0.3) is 0 Å². The highest BCUT2D eigenvalue weighted by Crippen LogP contribution is 2.26. The van der Waals surface area contributed by atoms with Gasteiger partial charge >= 0.3 is 0 Å². The maximum absolute atomic E-state index is 6.02. The first kappa shape index (κ1) is 13.4. The molecular weight excluding hydrogens is 224 g/mol. The zero-order valence-electron chi connectivity index (χ0n) is 11.7. The van der Waals surface area contributed by atoms with Crippen LogP contribution in [-0.4, -0.2) is 31.2 Å². The molecule has 0 amide bonds. The van der Waals surface area contributed by atoms with Crippen molar-refractivity contribution >= 4 is 5.69 Å². The van der Waals surface area contributed by atoms with Crippen LogP contribution in [0.2, 0.25) is 0 Å². The first-order valence-electron chi connectivity index (χ1n) is 6.65. The van der Waals surface area contributed by atoms with Crippen molar-refractivity contribution < 1.29 is 4.74 Å². The minimum absolute atomic E-state index is 0.148. The molecule has 1 aromatic carbocycles. The Morgan fingerprint density at radius 1 is 1.17 bits per heavy atom. The second-order valence-electron chi connectivity index (χ2n) is 6.10. The Morgan fingerprint density at radius 3 is 2.44 bits per heavy atom. The van der Waals surface area contributed by atoms with E-state index in [1.165, 1.54) is 11.1 Å². The number of nitrogens with two attached hydrogens (primary N) is 1. The lowest BCUT2D eigenvalue weighted by molar-refractivity contribution is 0.0342. The summed E-state index contributed by atoms with van der Waals surface area (Å²) in [5.74, 6) is 0. The molecule has 0 aliphatic carbocycles. The molecule has 3 heteroatoms. The highest BCUT2D eigenvalue weighted by Gasteiger charge is 2.16. The molecule has 0 saturated carbocycles. The number of hydrogen-bond donors (Lipinski definition) is 1. The van der Waals surface area contributed by atoms with Gasteiger partial charge in [0.2, 0.25) is 0 Å². The van der Waals surface area contributed by atoms with Crippen LogP contribution in [0.15, 0.2) is 18.2 Å². The Kier molecular flexibility index (Phi) is 3.93. The summed E-state index contributed by atoms with van der Waals surface area (Å²) in [5, 5.41) is 0. The smallest absolute Gasteiger partial charge is 0.0594 e. The monoisotopic (exact) mass is 248 g/mol. The summed E-state index contributed by atoms with van der Waals surface area (Å²) in [4.78, 5) is 2.42. The van der Waals surface area contributed by atoms with E-state index >= 15 is 0 Å². The lowest BCUT2D eigenvalue weighted by Crippen LogP contribution is -2.35. The van der Waals surface area contributed by atoms with Gasteiger partial charge in [-0.3, -0.25) is 4.90 Å². The first-order chi connectivity index (χ1) is 8.45. The van der Waals surface area contributed by atoms with E-state index in [2.05, 4.69) is 43.9 Å². The average molecular weight is 248 g/mol. The van der Waals surface area contributed by atoms with Crippen LogP contribution in [0, 0.1) is 0 Å². The molecule has 0 bridgehead atoms. The van der Waals surface area contributed by atoms with Gasteiger partial charge in [-0.1, -0.05) is 26.8 Å². The Morgan fingerprint density at radius 2 is 1.83 bits per heavy atom. The SMILES string of the molecule is CC(C)(C)c1cc(N)cc(CN2CCOCC2)c1. The fourth-order valence-corrected chi connectivity index (χ4v) is 2.26. The fraction of sp³-hybridized carbons (Fsp3) is 0.600. The molecule has 2 rings (SSSR count). The number of rotatable bonds is 2. The van der Waals surface area contributed by atoms with Crippen molar-refractivity contribution in [1.82, 2.24) is 4.90 Å². The molecule has 1 aliphatic heterocycles. The Bertz CT molecular complexity index is 403. The van der Waals surface area contributed by atoms with Crippen molar-refractivity contribution in [1.29, 1.82) is 0 Å². The van der Waals surface area contributed by atoms with E-state index in [1.54, 1.807) is 0 Å². The topological polar surface area (TPSA) is 38.5 Å². The van der Waals surface area contributed by atoms with Crippen molar-refractivity contribution in [3.8, 4) is 0 Å². The molecule has 1 aromatic rings. The number of benzene rings is 1. The zero-order chi connectivity index (χ0) is 13.2. The fourth-order valence-electron chi connectivity index (χ4n) is 2.26. The van der Waals surface area contributed by atoms with Crippen molar-refractivity contribution in [2.24, 2.45) is 0 Å². The van der Waals surface area contributed by atoms with Crippen LogP contribution in [-0.2, 0) is 16.7 Å². The predicted octanol–water partition coefficient (Wildman–Crippen LogP) is 2.40. The molecule has 18 heavy (non-hydrogen) atoms. The van der Waals surface area contributed by atoms with E-state index in [0.717, 1.165) is 38.5 Å². The zero-order valence-corrected chi connectivity index (χ0v) is 11.7. The summed E-state index contributed by atoms with van der Waals surface area (Å²) in [5.41, 5.74) is 9.65. The van der Waals surface area contributed by atoms with E-state index in [-0.39, 0.29) is 5.41 Å². The van der Waals surface area contributed by atoms with Gasteiger partial charge in [-0.05, 0) is 28.7 Å². The van der Waals surface area contributed by atoms with Crippen LogP contribution in [0.5, 0.6) is 0 Å². The molecule has 0 radical (unpaired) electrons. The van der Waals surface area contributed by atoms with Gasteiger partial charge in [-0.2, -0.15) is 0 Å². The maximum Gasteiger partial charge on any atom is 0.0594 e. The number of morpholine rings is 1. The van der Waals surface area contributed by atoms with Crippen LogP contribution in [0.3, 0.4) is 0 Å². The van der Waals surface area contributed by atoms with Gasteiger partial charge in [-0.25, -0.2) is 0 Å². The van der Waals surface area contributed by atoms with Gasteiger partial charge in [0.25, 0.3) is 0 Å². The Labute approximate surface area is 110 Å². The number of hydrogen-bond acceptors (Lipinski definition) is 3. The van der Waals surface area contributed by atoms with Gasteiger partial charge in [0.05, 0.1) is 13.2 Å². The van der Waals surface area contributed by atoms with Crippen molar-refractivity contribution in [2.45, 2.75) is 32.7 Å². The minimum Gasteiger partial charge on any atom is -0.399 e. The molecule has 0 unspecified atom stereocenters. The number of nitrogen functional groups attached to an aromatic ring is 1. The third-order valence-electron chi connectivity index (χ3n) is 3.39. The van der Waals surface area contributed by atoms with Gasteiger partial charge in [0.1, 0.15) is 0 Å². The highest BCUT2D eigenvalue weighted by molar-refractivity contribution is 5.46. The lowest BCUT2D eigenvalue weighted by Gasteiger charge is -2.27. The Balaban J connectivity index is 2.14. The van der Waals surface area contributed by atoms with Crippen LogP contribution in [0.4, 0.5) is 5.69 Å². The second kappa shape index (κ2) is 5.29. The third kappa shape index (κ3) is 3.47. The summed E-state index contributed by atoms with van der Waals surface area (Å²) < 4.78 is 5.37. The summed E-state index contributed by atoms with van der Waals surface area (Å²) in [6.07, 6.45) is 0. The van der Waals surface area contributed by atoms with Crippen LogP contribution < -0.4 is 5.73 Å². The summed E-state index contributed by atoms with van der Waals surface area (Å²) >= 11 is 0. The van der Waals surface area contributed by atoms with E-state index in [4.69, 9.17) is 10.5 Å². The average Bonchev–Trinajstić information content (AvgIpc) is 2.28. The highest BCUT2D eigenvalue weighted by atomic mass is 16.5. The second-order valence-corrected chi connectivity index (χ2v) is 6.10. The summed E-state index contributed by atoms with van der Waals surface area (Å²) in [6, 6.07) is 6.46. The predicted molar refractivity (Wildman–Crippen MR) is 75.7 cm³/mol. The molecule has 1 saturated heterocycles. The maximum atomic E-state index is 6.02. The standard InChI is InChI=1S/C15H24N2O/c1-15(2,3)13-8-12(9-14(16)10-13)11-17-4-6-18-7-5-17/h8-10H,4-7,11,16H2,1-3H3.